The van der Waals surface area contributed by atoms with E-state index in [2.05, 4.69) is 51.0 Å². The van der Waals surface area contributed by atoms with Gasteiger partial charge in [-0.15, -0.1) is 12.3 Å². The van der Waals surface area contributed by atoms with Crippen molar-refractivity contribution < 1.29 is 0 Å². The van der Waals surface area contributed by atoms with Gasteiger partial charge in [-0.3, -0.25) is 0 Å². The third kappa shape index (κ3) is 3.11. The van der Waals surface area contributed by atoms with Crippen molar-refractivity contribution in [2.45, 2.75) is 38.6 Å². The number of benzene rings is 1. The third-order valence-electron chi connectivity index (χ3n) is 2.54. The van der Waals surface area contributed by atoms with Crippen LogP contribution in [0.1, 0.15) is 44.4 Å². The molecule has 0 aliphatic heterocycles. The van der Waals surface area contributed by atoms with Gasteiger partial charge in [-0.25, -0.2) is 0 Å². The summed E-state index contributed by atoms with van der Waals surface area (Å²) in [5, 5.41) is 0. The Hall–Kier alpha value is -1.26. The van der Waals surface area contributed by atoms with Gasteiger partial charge in [-0.2, -0.15) is 0 Å². The van der Waals surface area contributed by atoms with Crippen molar-refractivity contribution in [1.82, 2.24) is 0 Å². The Morgan fingerprint density at radius 2 is 1.80 bits per heavy atom. The van der Waals surface area contributed by atoms with Crippen LogP contribution in [0.15, 0.2) is 24.3 Å². The molecule has 0 amide bonds. The maximum absolute atomic E-state index is 5.92. The van der Waals surface area contributed by atoms with Crippen LogP contribution in [0.4, 0.5) is 0 Å². The van der Waals surface area contributed by atoms with E-state index in [4.69, 9.17) is 12.2 Å². The smallest absolute Gasteiger partial charge is 0.0405 e. The summed E-state index contributed by atoms with van der Waals surface area (Å²) in [5.41, 5.74) is 8.54. The zero-order chi connectivity index (χ0) is 11.5. The molecule has 1 unspecified atom stereocenters. The van der Waals surface area contributed by atoms with E-state index in [1.807, 2.05) is 0 Å². The Morgan fingerprint density at radius 1 is 1.27 bits per heavy atom. The predicted molar refractivity (Wildman–Crippen MR) is 65.5 cm³/mol. The zero-order valence-corrected chi connectivity index (χ0v) is 9.75. The summed E-state index contributed by atoms with van der Waals surface area (Å²) in [6.45, 7) is 6.59. The number of rotatable bonds is 2. The lowest BCUT2D eigenvalue weighted by Gasteiger charge is -2.19. The molecule has 0 aromatic heterocycles. The highest BCUT2D eigenvalue weighted by Crippen LogP contribution is 2.23. The molecule has 0 fully saturated rings. The first-order chi connectivity index (χ1) is 6.95. The van der Waals surface area contributed by atoms with Crippen molar-refractivity contribution in [2.75, 3.05) is 0 Å². The molecule has 0 aliphatic rings. The molecule has 15 heavy (non-hydrogen) atoms. The fourth-order valence-electron chi connectivity index (χ4n) is 1.48. The molecule has 1 aromatic rings. The molecule has 0 heterocycles. The van der Waals surface area contributed by atoms with E-state index in [1.165, 1.54) is 5.56 Å². The fourth-order valence-corrected chi connectivity index (χ4v) is 1.48. The highest BCUT2D eigenvalue weighted by Gasteiger charge is 2.13. The van der Waals surface area contributed by atoms with Crippen LogP contribution in [0.3, 0.4) is 0 Å². The minimum Gasteiger partial charge on any atom is -0.323 e. The monoisotopic (exact) mass is 201 g/mol. The van der Waals surface area contributed by atoms with Gasteiger partial charge in [-0.1, -0.05) is 45.0 Å². The highest BCUT2D eigenvalue weighted by atomic mass is 14.6. The number of nitrogens with two attached hydrogens (primary N) is 1. The van der Waals surface area contributed by atoms with Crippen LogP contribution >= 0.6 is 0 Å². The molecule has 1 heteroatoms. The van der Waals surface area contributed by atoms with Crippen LogP contribution in [0.5, 0.6) is 0 Å². The second kappa shape index (κ2) is 4.51. The molecule has 2 N–H and O–H groups in total. The summed E-state index contributed by atoms with van der Waals surface area (Å²) in [6, 6.07) is 8.37. The van der Waals surface area contributed by atoms with Crippen LogP contribution in [-0.4, -0.2) is 0 Å². The van der Waals surface area contributed by atoms with Gasteiger partial charge in [0.2, 0.25) is 0 Å². The molecule has 0 saturated carbocycles. The maximum Gasteiger partial charge on any atom is 0.0405 e. The van der Waals surface area contributed by atoms with Crippen molar-refractivity contribution >= 4 is 0 Å². The minimum atomic E-state index is -0.0379. The molecular weight excluding hydrogens is 182 g/mol. The second-order valence-electron chi connectivity index (χ2n) is 4.89. The average Bonchev–Trinajstić information content (AvgIpc) is 2.17. The van der Waals surface area contributed by atoms with E-state index in [-0.39, 0.29) is 11.5 Å². The maximum atomic E-state index is 5.92. The molecule has 80 valence electrons. The molecule has 0 radical (unpaired) electrons. The van der Waals surface area contributed by atoms with Gasteiger partial charge in [-0.05, 0) is 16.5 Å². The van der Waals surface area contributed by atoms with Crippen LogP contribution in [0.2, 0.25) is 0 Å². The van der Waals surface area contributed by atoms with E-state index >= 15 is 0 Å². The summed E-state index contributed by atoms with van der Waals surface area (Å²) in [4.78, 5) is 0. The van der Waals surface area contributed by atoms with Gasteiger partial charge in [0, 0.05) is 12.5 Å². The normalized spacial score (nSPS) is 13.3. The standard InChI is InChI=1S/C14H19N/c1-5-6-13(15)11-7-9-12(10-8-11)14(2,3)4/h1,7-10,13H,6,15H2,2-4H3. The predicted octanol–water partition coefficient (Wildman–Crippen LogP) is 3.01. The third-order valence-corrected chi connectivity index (χ3v) is 2.54. The lowest BCUT2D eigenvalue weighted by molar-refractivity contribution is 0.589. The van der Waals surface area contributed by atoms with E-state index in [0.29, 0.717) is 6.42 Å². The number of terminal acetylenes is 1. The second-order valence-corrected chi connectivity index (χ2v) is 4.89. The van der Waals surface area contributed by atoms with Crippen molar-refractivity contribution in [1.29, 1.82) is 0 Å². The lowest BCUT2D eigenvalue weighted by Crippen LogP contribution is -2.13. The average molecular weight is 201 g/mol. The van der Waals surface area contributed by atoms with Gasteiger partial charge in [0.15, 0.2) is 0 Å². The van der Waals surface area contributed by atoms with E-state index < -0.39 is 0 Å². The Kier molecular flexibility index (Phi) is 3.55. The first-order valence-electron chi connectivity index (χ1n) is 5.24. The van der Waals surface area contributed by atoms with Gasteiger partial charge < -0.3 is 5.73 Å². The van der Waals surface area contributed by atoms with Crippen LogP contribution in [0.25, 0.3) is 0 Å². The summed E-state index contributed by atoms with van der Waals surface area (Å²) < 4.78 is 0. The summed E-state index contributed by atoms with van der Waals surface area (Å²) in [5.74, 6) is 2.59. The Labute approximate surface area is 92.7 Å². The van der Waals surface area contributed by atoms with E-state index in [0.717, 1.165) is 5.56 Å². The van der Waals surface area contributed by atoms with Crippen molar-refractivity contribution in [3.05, 3.63) is 35.4 Å². The lowest BCUT2D eigenvalue weighted by atomic mass is 9.86. The molecule has 1 atom stereocenters. The molecule has 0 aliphatic carbocycles. The van der Waals surface area contributed by atoms with Crippen LogP contribution < -0.4 is 5.73 Å². The molecule has 1 aromatic carbocycles. The minimum absolute atomic E-state index is 0.0379. The van der Waals surface area contributed by atoms with Crippen molar-refractivity contribution in [3.63, 3.8) is 0 Å². The topological polar surface area (TPSA) is 26.0 Å². The SMILES string of the molecule is C#CCC(N)c1ccc(C(C)(C)C)cc1. The van der Waals surface area contributed by atoms with Crippen LogP contribution in [0, 0.1) is 12.3 Å². The van der Waals surface area contributed by atoms with Crippen LogP contribution in [-0.2, 0) is 5.41 Å². The number of hydrogen-bond acceptors (Lipinski definition) is 1. The zero-order valence-electron chi connectivity index (χ0n) is 9.75. The van der Waals surface area contributed by atoms with Gasteiger partial charge in [0.25, 0.3) is 0 Å². The van der Waals surface area contributed by atoms with Crippen molar-refractivity contribution in [2.24, 2.45) is 5.73 Å². The molecule has 0 spiro atoms. The molecular formula is C14H19N. The first kappa shape index (κ1) is 11.8. The van der Waals surface area contributed by atoms with Gasteiger partial charge >= 0.3 is 0 Å². The molecule has 1 nitrogen and oxygen atoms in total. The summed E-state index contributed by atoms with van der Waals surface area (Å²) in [7, 11) is 0. The van der Waals surface area contributed by atoms with E-state index in [9.17, 15) is 0 Å². The highest BCUT2D eigenvalue weighted by molar-refractivity contribution is 5.29. The van der Waals surface area contributed by atoms with Crippen molar-refractivity contribution in [3.8, 4) is 12.3 Å². The fraction of sp³-hybridized carbons (Fsp3) is 0.429. The van der Waals surface area contributed by atoms with E-state index in [1.54, 1.807) is 0 Å². The first-order valence-corrected chi connectivity index (χ1v) is 5.24. The molecule has 0 bridgehead atoms. The molecule has 1 rings (SSSR count). The Bertz CT molecular complexity index is 348. The Balaban J connectivity index is 2.87. The summed E-state index contributed by atoms with van der Waals surface area (Å²) in [6.07, 6.45) is 5.83. The largest absolute Gasteiger partial charge is 0.323 e. The quantitative estimate of drug-likeness (QED) is 0.731. The molecule has 0 saturated heterocycles. The summed E-state index contributed by atoms with van der Waals surface area (Å²) >= 11 is 0. The number of hydrogen-bond donors (Lipinski definition) is 1. The van der Waals surface area contributed by atoms with Gasteiger partial charge in [0.05, 0.1) is 0 Å². The van der Waals surface area contributed by atoms with Gasteiger partial charge in [0.1, 0.15) is 0 Å². The Morgan fingerprint density at radius 3 is 2.20 bits per heavy atom.